The molecule has 28 heavy (non-hydrogen) atoms. The number of rotatable bonds is 6. The Labute approximate surface area is 166 Å². The fraction of sp³-hybridized carbons (Fsp3) is 0.304. The minimum absolute atomic E-state index is 0.597. The van der Waals surface area contributed by atoms with Crippen LogP contribution in [0.3, 0.4) is 0 Å². The molecule has 0 bridgehead atoms. The molecule has 5 heteroatoms. The number of nitrogens with one attached hydrogen (secondary N) is 2. The van der Waals surface area contributed by atoms with Gasteiger partial charge in [0, 0.05) is 37.2 Å². The molecule has 1 fully saturated rings. The van der Waals surface area contributed by atoms with Crippen LogP contribution in [0.25, 0.3) is 0 Å². The maximum absolute atomic E-state index is 4.57. The molecule has 0 amide bonds. The molecule has 1 aliphatic rings. The Bertz CT molecular complexity index is 884. The number of hydrogen-bond donors (Lipinski definition) is 2. The van der Waals surface area contributed by atoms with Crippen molar-refractivity contribution >= 4 is 23.1 Å². The van der Waals surface area contributed by atoms with Crippen LogP contribution in [0.2, 0.25) is 0 Å². The van der Waals surface area contributed by atoms with E-state index < -0.39 is 0 Å². The van der Waals surface area contributed by atoms with Gasteiger partial charge in [0.05, 0.1) is 0 Å². The van der Waals surface area contributed by atoms with Gasteiger partial charge in [-0.25, -0.2) is 4.98 Å². The first-order valence-electron chi connectivity index (χ1n) is 10.0. The lowest BCUT2D eigenvalue weighted by Crippen LogP contribution is -2.29. The van der Waals surface area contributed by atoms with E-state index in [1.807, 2.05) is 6.07 Å². The fourth-order valence-electron chi connectivity index (χ4n) is 3.45. The van der Waals surface area contributed by atoms with Crippen LogP contribution in [0.5, 0.6) is 0 Å². The first-order chi connectivity index (χ1) is 13.8. The van der Waals surface area contributed by atoms with Gasteiger partial charge < -0.3 is 15.5 Å². The standard InChI is InChI=1S/C23H27N5/c1-18-5-7-19(8-6-18)17-25-22-13-14-24-23(27-22)26-20-9-11-21(12-10-20)28-15-3-2-4-16-28/h5-14H,2-4,15-17H2,1H3,(H2,24,25,26,27). The maximum Gasteiger partial charge on any atom is 0.229 e. The summed E-state index contributed by atoms with van der Waals surface area (Å²) in [4.78, 5) is 11.4. The highest BCUT2D eigenvalue weighted by Gasteiger charge is 2.10. The zero-order valence-electron chi connectivity index (χ0n) is 16.4. The highest BCUT2D eigenvalue weighted by Crippen LogP contribution is 2.23. The summed E-state index contributed by atoms with van der Waals surface area (Å²) in [7, 11) is 0. The van der Waals surface area contributed by atoms with Crippen LogP contribution >= 0.6 is 0 Å². The van der Waals surface area contributed by atoms with E-state index in [-0.39, 0.29) is 0 Å². The first kappa shape index (κ1) is 18.3. The van der Waals surface area contributed by atoms with Crippen molar-refractivity contribution in [3.8, 4) is 0 Å². The van der Waals surface area contributed by atoms with E-state index in [0.717, 1.165) is 31.1 Å². The second kappa shape index (κ2) is 8.74. The molecule has 0 atom stereocenters. The molecular weight excluding hydrogens is 346 g/mol. The van der Waals surface area contributed by atoms with E-state index >= 15 is 0 Å². The topological polar surface area (TPSA) is 53.1 Å². The molecule has 1 aromatic heterocycles. The second-order valence-corrected chi connectivity index (χ2v) is 7.32. The molecule has 2 heterocycles. The highest BCUT2D eigenvalue weighted by atomic mass is 15.1. The Kier molecular flexibility index (Phi) is 5.71. The summed E-state index contributed by atoms with van der Waals surface area (Å²) in [6.07, 6.45) is 5.70. The highest BCUT2D eigenvalue weighted by molar-refractivity contribution is 5.60. The number of nitrogens with zero attached hydrogens (tertiary/aromatic N) is 3. The Morgan fingerprint density at radius 3 is 2.39 bits per heavy atom. The Balaban J connectivity index is 1.36. The van der Waals surface area contributed by atoms with Gasteiger partial charge in [0.1, 0.15) is 5.82 Å². The molecule has 3 aromatic rings. The van der Waals surface area contributed by atoms with Gasteiger partial charge in [-0.1, -0.05) is 29.8 Å². The van der Waals surface area contributed by atoms with Gasteiger partial charge in [-0.3, -0.25) is 0 Å². The number of aryl methyl sites for hydroxylation is 1. The van der Waals surface area contributed by atoms with E-state index in [1.165, 1.54) is 36.1 Å². The molecule has 0 radical (unpaired) electrons. The number of piperidine rings is 1. The van der Waals surface area contributed by atoms with Crippen LogP contribution in [-0.4, -0.2) is 23.1 Å². The summed E-state index contributed by atoms with van der Waals surface area (Å²) in [5, 5.41) is 6.66. The molecule has 0 saturated carbocycles. The van der Waals surface area contributed by atoms with Gasteiger partial charge in [-0.15, -0.1) is 0 Å². The average molecular weight is 374 g/mol. The number of hydrogen-bond acceptors (Lipinski definition) is 5. The SMILES string of the molecule is Cc1ccc(CNc2ccnc(Nc3ccc(N4CCCCC4)cc3)n2)cc1. The number of aromatic nitrogens is 2. The summed E-state index contributed by atoms with van der Waals surface area (Å²) in [5.74, 6) is 1.41. The Morgan fingerprint density at radius 2 is 1.64 bits per heavy atom. The van der Waals surface area contributed by atoms with Crippen LogP contribution in [0.1, 0.15) is 30.4 Å². The van der Waals surface area contributed by atoms with Crippen molar-refractivity contribution in [1.29, 1.82) is 0 Å². The second-order valence-electron chi connectivity index (χ2n) is 7.32. The fourth-order valence-corrected chi connectivity index (χ4v) is 3.45. The third kappa shape index (κ3) is 4.80. The summed E-state index contributed by atoms with van der Waals surface area (Å²) in [6, 6.07) is 18.9. The molecule has 0 unspecified atom stereocenters. The molecule has 5 nitrogen and oxygen atoms in total. The Hall–Kier alpha value is -3.08. The van der Waals surface area contributed by atoms with E-state index in [4.69, 9.17) is 0 Å². The van der Waals surface area contributed by atoms with Gasteiger partial charge in [0.2, 0.25) is 5.95 Å². The predicted molar refractivity (Wildman–Crippen MR) is 116 cm³/mol. The van der Waals surface area contributed by atoms with Crippen molar-refractivity contribution in [3.63, 3.8) is 0 Å². The van der Waals surface area contributed by atoms with E-state index in [1.54, 1.807) is 6.20 Å². The molecule has 144 valence electrons. The third-order valence-electron chi connectivity index (χ3n) is 5.09. The Morgan fingerprint density at radius 1 is 0.893 bits per heavy atom. The van der Waals surface area contributed by atoms with Gasteiger partial charge in [-0.05, 0) is 62.1 Å². The van der Waals surface area contributed by atoms with Crippen LogP contribution in [0.15, 0.2) is 60.8 Å². The largest absolute Gasteiger partial charge is 0.372 e. The minimum Gasteiger partial charge on any atom is -0.372 e. The zero-order chi connectivity index (χ0) is 19.2. The predicted octanol–water partition coefficient (Wildman–Crippen LogP) is 5.13. The average Bonchev–Trinajstić information content (AvgIpc) is 2.75. The van der Waals surface area contributed by atoms with Crippen molar-refractivity contribution < 1.29 is 0 Å². The smallest absolute Gasteiger partial charge is 0.229 e. The molecule has 1 aliphatic heterocycles. The lowest BCUT2D eigenvalue weighted by atomic mass is 10.1. The van der Waals surface area contributed by atoms with Gasteiger partial charge >= 0.3 is 0 Å². The van der Waals surface area contributed by atoms with Crippen molar-refractivity contribution in [2.24, 2.45) is 0 Å². The molecule has 0 spiro atoms. The minimum atomic E-state index is 0.597. The normalized spacial score (nSPS) is 14.0. The van der Waals surface area contributed by atoms with E-state index in [2.05, 4.69) is 81.0 Å². The van der Waals surface area contributed by atoms with Crippen LogP contribution in [-0.2, 0) is 6.54 Å². The monoisotopic (exact) mass is 373 g/mol. The first-order valence-corrected chi connectivity index (χ1v) is 10.0. The zero-order valence-corrected chi connectivity index (χ0v) is 16.4. The molecule has 4 rings (SSSR count). The summed E-state index contributed by atoms with van der Waals surface area (Å²) in [5.41, 5.74) is 4.78. The molecular formula is C23H27N5. The van der Waals surface area contributed by atoms with E-state index in [0.29, 0.717) is 5.95 Å². The van der Waals surface area contributed by atoms with E-state index in [9.17, 15) is 0 Å². The number of anilines is 4. The summed E-state index contributed by atoms with van der Waals surface area (Å²) >= 11 is 0. The summed E-state index contributed by atoms with van der Waals surface area (Å²) in [6.45, 7) is 5.15. The number of benzene rings is 2. The van der Waals surface area contributed by atoms with Crippen LogP contribution < -0.4 is 15.5 Å². The molecule has 2 aromatic carbocycles. The van der Waals surface area contributed by atoms with Crippen LogP contribution in [0, 0.1) is 6.92 Å². The van der Waals surface area contributed by atoms with Gasteiger partial charge in [0.15, 0.2) is 0 Å². The lowest BCUT2D eigenvalue weighted by Gasteiger charge is -2.28. The van der Waals surface area contributed by atoms with Crippen LogP contribution in [0.4, 0.5) is 23.1 Å². The maximum atomic E-state index is 4.57. The lowest BCUT2D eigenvalue weighted by molar-refractivity contribution is 0.578. The summed E-state index contributed by atoms with van der Waals surface area (Å²) < 4.78 is 0. The quantitative estimate of drug-likeness (QED) is 0.627. The van der Waals surface area contributed by atoms with Crippen molar-refractivity contribution in [1.82, 2.24) is 9.97 Å². The van der Waals surface area contributed by atoms with Gasteiger partial charge in [0.25, 0.3) is 0 Å². The third-order valence-corrected chi connectivity index (χ3v) is 5.09. The van der Waals surface area contributed by atoms with Crippen molar-refractivity contribution in [2.45, 2.75) is 32.7 Å². The molecule has 2 N–H and O–H groups in total. The van der Waals surface area contributed by atoms with Crippen molar-refractivity contribution in [3.05, 3.63) is 71.9 Å². The van der Waals surface area contributed by atoms with Crippen molar-refractivity contribution in [2.75, 3.05) is 28.6 Å². The van der Waals surface area contributed by atoms with Gasteiger partial charge in [-0.2, -0.15) is 4.98 Å². The molecule has 0 aliphatic carbocycles. The molecule has 1 saturated heterocycles.